The minimum Gasteiger partial charge on any atom is -0.491 e. The molecule has 25 heavy (non-hydrogen) atoms. The Morgan fingerprint density at radius 2 is 2.00 bits per heavy atom. The van der Waals surface area contributed by atoms with Gasteiger partial charge in [-0.15, -0.1) is 0 Å². The van der Waals surface area contributed by atoms with Gasteiger partial charge < -0.3 is 30.0 Å². The molecule has 0 aliphatic heterocycles. The zero-order valence-corrected chi connectivity index (χ0v) is 15.3. The summed E-state index contributed by atoms with van der Waals surface area (Å²) in [6, 6.07) is 7.46. The Bertz CT molecular complexity index is 496. The Morgan fingerprint density at radius 3 is 2.72 bits per heavy atom. The number of amides is 1. The van der Waals surface area contributed by atoms with E-state index in [4.69, 9.17) is 19.3 Å². The monoisotopic (exact) mass is 354 g/mol. The summed E-state index contributed by atoms with van der Waals surface area (Å²) in [4.78, 5) is 12.1. The van der Waals surface area contributed by atoms with Crippen molar-refractivity contribution in [2.24, 2.45) is 0 Å². The molecule has 0 spiro atoms. The van der Waals surface area contributed by atoms with Crippen molar-refractivity contribution in [1.29, 1.82) is 0 Å². The second-order valence-electron chi connectivity index (χ2n) is 5.92. The van der Waals surface area contributed by atoms with Crippen molar-refractivity contribution < 1.29 is 24.1 Å². The number of aliphatic hydroxyl groups is 1. The highest BCUT2D eigenvalue weighted by Gasteiger charge is 2.08. The van der Waals surface area contributed by atoms with Gasteiger partial charge in [0.1, 0.15) is 19.1 Å². The number of carbonyl (C=O) groups excluding carboxylic acids is 1. The molecule has 0 heterocycles. The van der Waals surface area contributed by atoms with Crippen LogP contribution in [0.2, 0.25) is 0 Å². The summed E-state index contributed by atoms with van der Waals surface area (Å²) in [7, 11) is 0. The lowest BCUT2D eigenvalue weighted by molar-refractivity contribution is -0.0486. The van der Waals surface area contributed by atoms with E-state index in [1.54, 1.807) is 24.3 Å². The average molecular weight is 354 g/mol. The molecule has 0 aliphatic rings. The SMILES string of the molecule is CC(C)NCCNC(=O)c1cccc(OCC(C)OCCOCO)c1. The van der Waals surface area contributed by atoms with Gasteiger partial charge >= 0.3 is 0 Å². The molecule has 1 aromatic carbocycles. The molecule has 1 aromatic rings. The van der Waals surface area contributed by atoms with Gasteiger partial charge in [0.25, 0.3) is 5.91 Å². The molecule has 7 heteroatoms. The topological polar surface area (TPSA) is 89.1 Å². The van der Waals surface area contributed by atoms with Crippen LogP contribution in [0, 0.1) is 0 Å². The minimum atomic E-state index is -0.309. The predicted octanol–water partition coefficient (Wildman–Crippen LogP) is 1.16. The maximum atomic E-state index is 12.1. The standard InChI is InChI=1S/C18H30N2O5/c1-14(2)19-7-8-20-18(22)16-5-4-6-17(11-16)25-12-15(3)24-10-9-23-13-21/h4-6,11,14-15,19,21H,7-10,12-13H2,1-3H3,(H,20,22). The number of hydrogen-bond donors (Lipinski definition) is 3. The molecule has 0 aromatic heterocycles. The van der Waals surface area contributed by atoms with Crippen molar-refractivity contribution >= 4 is 5.91 Å². The van der Waals surface area contributed by atoms with Crippen LogP contribution in [0.15, 0.2) is 24.3 Å². The van der Waals surface area contributed by atoms with Gasteiger partial charge in [-0.25, -0.2) is 0 Å². The molecule has 1 rings (SSSR count). The lowest BCUT2D eigenvalue weighted by atomic mass is 10.2. The third-order valence-corrected chi connectivity index (χ3v) is 3.27. The summed E-state index contributed by atoms with van der Waals surface area (Å²) >= 11 is 0. The van der Waals surface area contributed by atoms with E-state index < -0.39 is 0 Å². The first-order chi connectivity index (χ1) is 12.0. The maximum Gasteiger partial charge on any atom is 0.251 e. The Morgan fingerprint density at radius 1 is 1.20 bits per heavy atom. The van der Waals surface area contributed by atoms with Crippen LogP contribution in [0.1, 0.15) is 31.1 Å². The number of rotatable bonds is 13. The largest absolute Gasteiger partial charge is 0.491 e. The summed E-state index contributed by atoms with van der Waals surface area (Å²) in [5.41, 5.74) is 0.562. The van der Waals surface area contributed by atoms with Gasteiger partial charge in [0.15, 0.2) is 0 Å². The highest BCUT2D eigenvalue weighted by molar-refractivity contribution is 5.94. The normalized spacial score (nSPS) is 12.2. The van der Waals surface area contributed by atoms with E-state index in [1.807, 2.05) is 6.92 Å². The molecule has 0 aliphatic carbocycles. The van der Waals surface area contributed by atoms with Crippen LogP contribution in [0.5, 0.6) is 5.75 Å². The summed E-state index contributed by atoms with van der Waals surface area (Å²) in [6.07, 6.45) is -0.123. The second-order valence-corrected chi connectivity index (χ2v) is 5.92. The first-order valence-corrected chi connectivity index (χ1v) is 8.57. The first kappa shape index (κ1) is 21.4. The highest BCUT2D eigenvalue weighted by atomic mass is 16.6. The minimum absolute atomic E-state index is 0.123. The van der Waals surface area contributed by atoms with Crippen LogP contribution in [-0.2, 0) is 9.47 Å². The molecule has 142 valence electrons. The third kappa shape index (κ3) is 10.0. The number of ether oxygens (including phenoxy) is 3. The number of benzene rings is 1. The fourth-order valence-corrected chi connectivity index (χ4v) is 2.00. The van der Waals surface area contributed by atoms with Crippen LogP contribution < -0.4 is 15.4 Å². The van der Waals surface area contributed by atoms with Crippen LogP contribution >= 0.6 is 0 Å². The summed E-state index contributed by atoms with van der Waals surface area (Å²) in [5.74, 6) is 0.497. The van der Waals surface area contributed by atoms with Crippen molar-refractivity contribution in [3.05, 3.63) is 29.8 Å². The number of nitrogens with one attached hydrogen (secondary N) is 2. The van der Waals surface area contributed by atoms with Crippen LogP contribution in [-0.4, -0.2) is 62.9 Å². The molecule has 7 nitrogen and oxygen atoms in total. The molecular weight excluding hydrogens is 324 g/mol. The van der Waals surface area contributed by atoms with Gasteiger partial charge in [-0.2, -0.15) is 0 Å². The Balaban J connectivity index is 2.34. The Hall–Kier alpha value is -1.67. The van der Waals surface area contributed by atoms with E-state index in [0.29, 0.717) is 43.7 Å². The van der Waals surface area contributed by atoms with Crippen molar-refractivity contribution in [3.63, 3.8) is 0 Å². The summed E-state index contributed by atoms with van der Waals surface area (Å²) < 4.78 is 15.9. The lowest BCUT2D eigenvalue weighted by Crippen LogP contribution is -2.34. The molecule has 0 saturated heterocycles. The van der Waals surface area contributed by atoms with Gasteiger partial charge in [0.05, 0.1) is 19.3 Å². The van der Waals surface area contributed by atoms with Gasteiger partial charge in [0.2, 0.25) is 0 Å². The van der Waals surface area contributed by atoms with E-state index >= 15 is 0 Å². The fraction of sp³-hybridized carbons (Fsp3) is 0.611. The number of hydrogen-bond acceptors (Lipinski definition) is 6. The van der Waals surface area contributed by atoms with Crippen LogP contribution in [0.3, 0.4) is 0 Å². The van der Waals surface area contributed by atoms with Crippen molar-refractivity contribution in [3.8, 4) is 5.75 Å². The van der Waals surface area contributed by atoms with Crippen LogP contribution in [0.25, 0.3) is 0 Å². The molecular formula is C18H30N2O5. The molecule has 1 atom stereocenters. The lowest BCUT2D eigenvalue weighted by Gasteiger charge is -2.15. The third-order valence-electron chi connectivity index (χ3n) is 3.27. The Labute approximate surface area is 149 Å². The summed E-state index contributed by atoms with van der Waals surface area (Å²) in [5, 5.41) is 14.6. The molecule has 1 unspecified atom stereocenters. The van der Waals surface area contributed by atoms with Crippen molar-refractivity contribution in [2.75, 3.05) is 39.7 Å². The zero-order chi connectivity index (χ0) is 18.5. The van der Waals surface area contributed by atoms with Gasteiger partial charge in [-0.05, 0) is 25.1 Å². The smallest absolute Gasteiger partial charge is 0.251 e. The summed E-state index contributed by atoms with van der Waals surface area (Å²) in [6.45, 7) is 8.09. The zero-order valence-electron chi connectivity index (χ0n) is 15.3. The molecule has 0 saturated carbocycles. The molecule has 1 amide bonds. The first-order valence-electron chi connectivity index (χ1n) is 8.57. The van der Waals surface area contributed by atoms with Crippen molar-refractivity contribution in [1.82, 2.24) is 10.6 Å². The number of aliphatic hydroxyl groups excluding tert-OH is 1. The Kier molecular flexibility index (Phi) is 10.8. The molecule has 0 radical (unpaired) electrons. The molecule has 3 N–H and O–H groups in total. The predicted molar refractivity (Wildman–Crippen MR) is 95.9 cm³/mol. The van der Waals surface area contributed by atoms with Gasteiger partial charge in [-0.1, -0.05) is 19.9 Å². The fourth-order valence-electron chi connectivity index (χ4n) is 2.00. The van der Waals surface area contributed by atoms with Crippen molar-refractivity contribution in [2.45, 2.75) is 32.9 Å². The number of carbonyl (C=O) groups is 1. The van der Waals surface area contributed by atoms with E-state index in [9.17, 15) is 4.79 Å². The van der Waals surface area contributed by atoms with Crippen LogP contribution in [0.4, 0.5) is 0 Å². The van der Waals surface area contributed by atoms with E-state index in [2.05, 4.69) is 24.5 Å². The molecule has 0 fully saturated rings. The maximum absolute atomic E-state index is 12.1. The van der Waals surface area contributed by atoms with Gasteiger partial charge in [0, 0.05) is 24.7 Å². The molecule has 0 bridgehead atoms. The van der Waals surface area contributed by atoms with Gasteiger partial charge in [-0.3, -0.25) is 4.79 Å². The van der Waals surface area contributed by atoms with E-state index in [0.717, 1.165) is 6.54 Å². The van der Waals surface area contributed by atoms with E-state index in [-0.39, 0.29) is 18.8 Å². The average Bonchev–Trinajstić information content (AvgIpc) is 2.60. The highest BCUT2D eigenvalue weighted by Crippen LogP contribution is 2.14. The quantitative estimate of drug-likeness (QED) is 0.364. The van der Waals surface area contributed by atoms with E-state index in [1.165, 1.54) is 0 Å². The second kappa shape index (κ2) is 12.7.